The number of hydrogen-bond acceptors (Lipinski definition) is 2. The van der Waals surface area contributed by atoms with E-state index in [0.717, 1.165) is 11.6 Å². The van der Waals surface area contributed by atoms with E-state index in [1.807, 2.05) is 37.3 Å². The van der Waals surface area contributed by atoms with Gasteiger partial charge in [-0.2, -0.15) is 0 Å². The van der Waals surface area contributed by atoms with E-state index < -0.39 is 17.2 Å². The van der Waals surface area contributed by atoms with Gasteiger partial charge in [0.25, 0.3) is 0 Å². The number of benzene rings is 2. The number of halogens is 2. The van der Waals surface area contributed by atoms with E-state index >= 15 is 0 Å². The Kier molecular flexibility index (Phi) is 4.02. The summed E-state index contributed by atoms with van der Waals surface area (Å²) in [6.45, 7) is 1.84. The lowest BCUT2D eigenvalue weighted by atomic mass is 9.84. The van der Waals surface area contributed by atoms with Crippen molar-refractivity contribution in [2.75, 3.05) is 7.05 Å². The van der Waals surface area contributed by atoms with Crippen molar-refractivity contribution in [3.8, 4) is 0 Å². The van der Waals surface area contributed by atoms with E-state index in [2.05, 4.69) is 5.32 Å². The van der Waals surface area contributed by atoms with Crippen LogP contribution >= 0.6 is 11.9 Å². The molecule has 3 rings (SSSR count). The van der Waals surface area contributed by atoms with Crippen LogP contribution in [0.4, 0.5) is 8.78 Å². The number of guanidine groups is 1. The van der Waals surface area contributed by atoms with Gasteiger partial charge in [-0.25, -0.2) is 8.78 Å². The molecule has 0 saturated carbocycles. The average Bonchev–Trinajstić information content (AvgIpc) is 2.51. The van der Waals surface area contributed by atoms with Crippen LogP contribution in [0.1, 0.15) is 23.3 Å². The first-order valence-corrected chi connectivity index (χ1v) is 8.03. The fourth-order valence-corrected chi connectivity index (χ4v) is 3.99. The van der Waals surface area contributed by atoms with Crippen LogP contribution in [0, 0.1) is 17.0 Å². The van der Waals surface area contributed by atoms with Crippen LogP contribution in [0.2, 0.25) is 0 Å². The van der Waals surface area contributed by atoms with Crippen LogP contribution in [0.25, 0.3) is 0 Å². The molecule has 23 heavy (non-hydrogen) atoms. The molecule has 0 spiro atoms. The van der Waals surface area contributed by atoms with Gasteiger partial charge in [0.15, 0.2) is 0 Å². The lowest BCUT2D eigenvalue weighted by molar-refractivity contribution is 0.372. The van der Waals surface area contributed by atoms with Crippen LogP contribution < -0.4 is 5.32 Å². The van der Waals surface area contributed by atoms with Gasteiger partial charge in [-0.05, 0) is 30.5 Å². The summed E-state index contributed by atoms with van der Waals surface area (Å²) in [6, 6.07) is 13.3. The van der Waals surface area contributed by atoms with Gasteiger partial charge < -0.3 is 5.32 Å². The third-order valence-corrected chi connectivity index (χ3v) is 5.53. The predicted octanol–water partition coefficient (Wildman–Crippen LogP) is 4.04. The van der Waals surface area contributed by atoms with Crippen molar-refractivity contribution in [1.82, 2.24) is 9.62 Å². The molecular weight excluding hydrogens is 316 g/mol. The second-order valence-corrected chi connectivity index (χ2v) is 6.92. The van der Waals surface area contributed by atoms with Crippen molar-refractivity contribution in [2.24, 2.45) is 0 Å². The van der Waals surface area contributed by atoms with Crippen LogP contribution in [-0.4, -0.2) is 17.3 Å². The standard InChI is InChI=1S/C17H17F2N3S/c1-17(13-9-8-12(18)10-14(13)19)15(11-6-4-3-5-7-11)23-22(2)16(20)21-17/h3-10,15H,1-2H3,(H2,20,21)/t15-,17-/m1/s1. The zero-order valence-corrected chi connectivity index (χ0v) is 13.6. The molecule has 120 valence electrons. The van der Waals surface area contributed by atoms with Gasteiger partial charge >= 0.3 is 0 Å². The van der Waals surface area contributed by atoms with Crippen molar-refractivity contribution < 1.29 is 8.78 Å². The maximum atomic E-state index is 14.4. The highest BCUT2D eigenvalue weighted by Gasteiger charge is 2.45. The zero-order chi connectivity index (χ0) is 16.6. The SMILES string of the molecule is CN1S[C@H](c2ccccc2)[C@@](C)(c2ccc(F)cc2F)NC1=N. The van der Waals surface area contributed by atoms with Crippen molar-refractivity contribution in [3.63, 3.8) is 0 Å². The van der Waals surface area contributed by atoms with Gasteiger partial charge in [-0.3, -0.25) is 9.71 Å². The molecule has 2 aromatic rings. The van der Waals surface area contributed by atoms with E-state index in [4.69, 9.17) is 5.41 Å². The highest BCUT2D eigenvalue weighted by molar-refractivity contribution is 7.97. The quantitative estimate of drug-likeness (QED) is 0.815. The van der Waals surface area contributed by atoms with E-state index in [1.54, 1.807) is 11.4 Å². The van der Waals surface area contributed by atoms with Gasteiger partial charge in [-0.1, -0.05) is 36.4 Å². The van der Waals surface area contributed by atoms with Gasteiger partial charge in [-0.15, -0.1) is 0 Å². The van der Waals surface area contributed by atoms with Crippen molar-refractivity contribution >= 4 is 17.9 Å². The number of nitrogens with one attached hydrogen (secondary N) is 2. The van der Waals surface area contributed by atoms with Gasteiger partial charge in [0.05, 0.1) is 10.8 Å². The molecule has 0 aliphatic carbocycles. The van der Waals surface area contributed by atoms with Crippen molar-refractivity contribution in [3.05, 3.63) is 71.3 Å². The Hall–Kier alpha value is -2.08. The normalized spacial score (nSPS) is 24.4. The molecule has 0 aromatic heterocycles. The molecule has 0 bridgehead atoms. The summed E-state index contributed by atoms with van der Waals surface area (Å²) in [5, 5.41) is 11.0. The molecule has 2 N–H and O–H groups in total. The molecule has 1 fully saturated rings. The molecule has 0 unspecified atom stereocenters. The van der Waals surface area contributed by atoms with E-state index in [9.17, 15) is 8.78 Å². The molecule has 0 amide bonds. The zero-order valence-electron chi connectivity index (χ0n) is 12.8. The highest BCUT2D eigenvalue weighted by Crippen LogP contribution is 2.48. The summed E-state index contributed by atoms with van der Waals surface area (Å²) in [7, 11) is 1.79. The molecule has 2 aromatic carbocycles. The minimum atomic E-state index is -0.868. The van der Waals surface area contributed by atoms with Crippen molar-refractivity contribution in [1.29, 1.82) is 5.41 Å². The highest BCUT2D eigenvalue weighted by atomic mass is 32.2. The molecule has 3 nitrogen and oxygen atoms in total. The van der Waals surface area contributed by atoms with Crippen molar-refractivity contribution in [2.45, 2.75) is 17.7 Å². The Bertz CT molecular complexity index is 738. The molecule has 1 heterocycles. The van der Waals surface area contributed by atoms with Crippen LogP contribution in [0.5, 0.6) is 0 Å². The number of nitrogens with zero attached hydrogens (tertiary/aromatic N) is 1. The largest absolute Gasteiger partial charge is 0.345 e. The lowest BCUT2D eigenvalue weighted by Crippen LogP contribution is -2.55. The van der Waals surface area contributed by atoms with Gasteiger partial charge in [0, 0.05) is 18.7 Å². The third kappa shape index (κ3) is 2.79. The second kappa shape index (κ2) is 5.85. The second-order valence-electron chi connectivity index (χ2n) is 5.69. The fourth-order valence-electron chi connectivity index (χ4n) is 2.85. The summed E-state index contributed by atoms with van der Waals surface area (Å²) in [5.41, 5.74) is 0.488. The summed E-state index contributed by atoms with van der Waals surface area (Å²) in [5.74, 6) is -1.03. The predicted molar refractivity (Wildman–Crippen MR) is 89.1 cm³/mol. The molecule has 1 saturated heterocycles. The summed E-state index contributed by atoms with van der Waals surface area (Å²) in [6.07, 6.45) is 0. The Morgan fingerprint density at radius 3 is 2.52 bits per heavy atom. The minimum absolute atomic E-state index is 0.164. The molecular formula is C17H17F2N3S. The van der Waals surface area contributed by atoms with Crippen LogP contribution in [-0.2, 0) is 5.54 Å². The van der Waals surface area contributed by atoms with Crippen LogP contribution in [0.15, 0.2) is 48.5 Å². The Labute approximate surface area is 138 Å². The lowest BCUT2D eigenvalue weighted by Gasteiger charge is -2.46. The molecule has 0 radical (unpaired) electrons. The molecule has 1 aliphatic heterocycles. The number of hydrogen-bond donors (Lipinski definition) is 2. The number of rotatable bonds is 2. The monoisotopic (exact) mass is 333 g/mol. The first-order chi connectivity index (χ1) is 10.9. The Balaban J connectivity index is 2.13. The van der Waals surface area contributed by atoms with E-state index in [-0.39, 0.29) is 11.2 Å². The molecule has 6 heteroatoms. The van der Waals surface area contributed by atoms with Gasteiger partial charge in [0.2, 0.25) is 5.96 Å². The summed E-state index contributed by atoms with van der Waals surface area (Å²) < 4.78 is 29.4. The van der Waals surface area contributed by atoms with Gasteiger partial charge in [0.1, 0.15) is 11.6 Å². The minimum Gasteiger partial charge on any atom is -0.345 e. The Morgan fingerprint density at radius 1 is 1.17 bits per heavy atom. The summed E-state index contributed by atoms with van der Waals surface area (Å²) in [4.78, 5) is 0. The van der Waals surface area contributed by atoms with E-state index in [0.29, 0.717) is 5.56 Å². The molecule has 2 atom stereocenters. The smallest absolute Gasteiger partial charge is 0.201 e. The fraction of sp³-hybridized carbons (Fsp3) is 0.235. The molecule has 1 aliphatic rings. The summed E-state index contributed by atoms with van der Waals surface area (Å²) >= 11 is 1.45. The topological polar surface area (TPSA) is 39.1 Å². The maximum Gasteiger partial charge on any atom is 0.201 e. The first kappa shape index (κ1) is 15.8. The first-order valence-electron chi connectivity index (χ1n) is 7.19. The third-order valence-electron chi connectivity index (χ3n) is 4.07. The maximum absolute atomic E-state index is 14.4. The Morgan fingerprint density at radius 2 is 1.87 bits per heavy atom. The van der Waals surface area contributed by atoms with Crippen LogP contribution in [0.3, 0.4) is 0 Å². The average molecular weight is 333 g/mol. The van der Waals surface area contributed by atoms with E-state index in [1.165, 1.54) is 24.1 Å².